The maximum absolute atomic E-state index is 12.0. The van der Waals surface area contributed by atoms with Gasteiger partial charge in [-0.05, 0) is 6.42 Å². The number of aliphatic carboxylic acids is 1. The topological polar surface area (TPSA) is 69.6 Å². The van der Waals surface area contributed by atoms with Gasteiger partial charge >= 0.3 is 5.97 Å². The Morgan fingerprint density at radius 3 is 2.81 bits per heavy atom. The maximum Gasteiger partial charge on any atom is 0.308 e. The molecule has 2 aliphatic heterocycles. The molecular formula is C10H16N2O3S. The van der Waals surface area contributed by atoms with Crippen molar-refractivity contribution in [2.75, 3.05) is 31.1 Å². The first kappa shape index (κ1) is 11.7. The maximum atomic E-state index is 12.0. The van der Waals surface area contributed by atoms with Crippen molar-refractivity contribution >= 4 is 23.6 Å². The van der Waals surface area contributed by atoms with Crippen LogP contribution in [0.25, 0.3) is 0 Å². The second kappa shape index (κ2) is 5.05. The molecule has 16 heavy (non-hydrogen) atoms. The molecule has 2 aliphatic rings. The first-order valence-corrected chi connectivity index (χ1v) is 6.66. The van der Waals surface area contributed by atoms with Gasteiger partial charge in [0.15, 0.2) is 0 Å². The van der Waals surface area contributed by atoms with E-state index in [1.54, 1.807) is 16.7 Å². The zero-order valence-corrected chi connectivity index (χ0v) is 9.83. The minimum absolute atomic E-state index is 0.0657. The first-order valence-electron chi connectivity index (χ1n) is 5.51. The second-order valence-electron chi connectivity index (χ2n) is 4.19. The molecule has 0 aromatic rings. The van der Waals surface area contributed by atoms with Crippen LogP contribution in [-0.2, 0) is 9.59 Å². The molecule has 0 bridgehead atoms. The van der Waals surface area contributed by atoms with Crippen LogP contribution in [0.4, 0.5) is 0 Å². The molecule has 0 saturated carbocycles. The lowest BCUT2D eigenvalue weighted by molar-refractivity contribution is -0.141. The van der Waals surface area contributed by atoms with E-state index in [1.165, 1.54) is 0 Å². The predicted octanol–water partition coefficient (Wildman–Crippen LogP) is -0.375. The molecule has 0 aromatic heterocycles. The number of nitrogens with zero attached hydrogens (tertiary/aromatic N) is 1. The second-order valence-corrected chi connectivity index (χ2v) is 5.34. The lowest BCUT2D eigenvalue weighted by Crippen LogP contribution is -2.50. The standard InChI is InChI=1S/C10H16N2O3S/c13-9(8-6-16-4-2-11-8)12-3-1-7(5-12)10(14)15/h7-8,11H,1-6H2,(H,14,15). The molecule has 2 rings (SSSR count). The number of carboxylic acids is 1. The lowest BCUT2D eigenvalue weighted by atomic mass is 10.1. The van der Waals surface area contributed by atoms with E-state index in [0.29, 0.717) is 19.5 Å². The van der Waals surface area contributed by atoms with Crippen LogP contribution in [0.3, 0.4) is 0 Å². The molecular weight excluding hydrogens is 228 g/mol. The average molecular weight is 244 g/mol. The monoisotopic (exact) mass is 244 g/mol. The Balaban J connectivity index is 1.88. The number of thioether (sulfide) groups is 1. The van der Waals surface area contributed by atoms with Gasteiger partial charge in [0.25, 0.3) is 0 Å². The summed E-state index contributed by atoms with van der Waals surface area (Å²) in [6.45, 7) is 1.81. The van der Waals surface area contributed by atoms with Crippen molar-refractivity contribution in [3.8, 4) is 0 Å². The van der Waals surface area contributed by atoms with Crippen LogP contribution < -0.4 is 5.32 Å². The number of likely N-dealkylation sites (tertiary alicyclic amines) is 1. The van der Waals surface area contributed by atoms with Gasteiger partial charge in [-0.15, -0.1) is 0 Å². The Labute approximate surface area is 98.6 Å². The normalized spacial score (nSPS) is 30.4. The van der Waals surface area contributed by atoms with E-state index in [4.69, 9.17) is 5.11 Å². The molecule has 2 N–H and O–H groups in total. The van der Waals surface area contributed by atoms with Gasteiger partial charge in [0.1, 0.15) is 0 Å². The van der Waals surface area contributed by atoms with Crippen LogP contribution in [0.15, 0.2) is 0 Å². The highest BCUT2D eigenvalue weighted by Crippen LogP contribution is 2.19. The van der Waals surface area contributed by atoms with Crippen molar-refractivity contribution in [1.82, 2.24) is 10.2 Å². The molecule has 90 valence electrons. The van der Waals surface area contributed by atoms with Crippen LogP contribution in [-0.4, -0.2) is 59.1 Å². The third kappa shape index (κ3) is 2.49. The summed E-state index contributed by atoms with van der Waals surface area (Å²) in [5.41, 5.74) is 0. The highest BCUT2D eigenvalue weighted by atomic mass is 32.2. The van der Waals surface area contributed by atoms with Crippen LogP contribution in [0.5, 0.6) is 0 Å². The van der Waals surface area contributed by atoms with Gasteiger partial charge in [0, 0.05) is 31.1 Å². The summed E-state index contributed by atoms with van der Waals surface area (Å²) in [5.74, 6) is 0.742. The number of carboxylic acid groups (broad SMARTS) is 1. The van der Waals surface area contributed by atoms with Gasteiger partial charge in [0.05, 0.1) is 12.0 Å². The molecule has 1 amide bonds. The highest BCUT2D eigenvalue weighted by Gasteiger charge is 2.34. The summed E-state index contributed by atoms with van der Waals surface area (Å²) < 4.78 is 0. The van der Waals surface area contributed by atoms with Gasteiger partial charge in [-0.3, -0.25) is 9.59 Å². The zero-order valence-electron chi connectivity index (χ0n) is 9.02. The molecule has 0 aliphatic carbocycles. The smallest absolute Gasteiger partial charge is 0.308 e. The van der Waals surface area contributed by atoms with Crippen LogP contribution in [0.1, 0.15) is 6.42 Å². The van der Waals surface area contributed by atoms with Crippen molar-refractivity contribution in [2.24, 2.45) is 5.92 Å². The number of hydrogen-bond acceptors (Lipinski definition) is 4. The number of nitrogens with one attached hydrogen (secondary N) is 1. The first-order chi connectivity index (χ1) is 7.68. The summed E-state index contributed by atoms with van der Waals surface area (Å²) >= 11 is 1.77. The minimum atomic E-state index is -0.790. The van der Waals surface area contributed by atoms with E-state index >= 15 is 0 Å². The Hall–Kier alpha value is -0.750. The molecule has 6 heteroatoms. The van der Waals surface area contributed by atoms with Crippen molar-refractivity contribution in [3.05, 3.63) is 0 Å². The third-order valence-corrected chi connectivity index (χ3v) is 4.13. The Bertz CT molecular complexity index is 292. The largest absolute Gasteiger partial charge is 0.481 e. The van der Waals surface area contributed by atoms with Crippen LogP contribution >= 0.6 is 11.8 Å². The summed E-state index contributed by atoms with van der Waals surface area (Å²) in [6.07, 6.45) is 0.584. The molecule has 2 atom stereocenters. The molecule has 2 saturated heterocycles. The van der Waals surface area contributed by atoms with Gasteiger partial charge in [-0.25, -0.2) is 0 Å². The fraction of sp³-hybridized carbons (Fsp3) is 0.800. The van der Waals surface area contributed by atoms with Crippen LogP contribution in [0, 0.1) is 5.92 Å². The number of amides is 1. The van der Waals surface area contributed by atoms with Crippen molar-refractivity contribution in [3.63, 3.8) is 0 Å². The number of carbonyl (C=O) groups is 2. The Morgan fingerprint density at radius 1 is 1.44 bits per heavy atom. The summed E-state index contributed by atoms with van der Waals surface area (Å²) in [6, 6.07) is -0.119. The van der Waals surface area contributed by atoms with Crippen molar-refractivity contribution < 1.29 is 14.7 Å². The number of carbonyl (C=O) groups excluding carboxylic acids is 1. The van der Waals surface area contributed by atoms with Crippen molar-refractivity contribution in [1.29, 1.82) is 0 Å². The van der Waals surface area contributed by atoms with Gasteiger partial charge in [-0.2, -0.15) is 11.8 Å². The lowest BCUT2D eigenvalue weighted by Gasteiger charge is -2.26. The molecule has 5 nitrogen and oxygen atoms in total. The van der Waals surface area contributed by atoms with E-state index in [1.807, 2.05) is 0 Å². The fourth-order valence-electron chi connectivity index (χ4n) is 2.11. The van der Waals surface area contributed by atoms with Gasteiger partial charge in [-0.1, -0.05) is 0 Å². The quantitative estimate of drug-likeness (QED) is 0.693. The molecule has 0 spiro atoms. The van der Waals surface area contributed by atoms with Gasteiger partial charge in [0.2, 0.25) is 5.91 Å². The minimum Gasteiger partial charge on any atom is -0.481 e. The highest BCUT2D eigenvalue weighted by molar-refractivity contribution is 7.99. The van der Waals surface area contributed by atoms with Gasteiger partial charge < -0.3 is 15.3 Å². The summed E-state index contributed by atoms with van der Waals surface area (Å²) in [4.78, 5) is 24.5. The molecule has 2 fully saturated rings. The molecule has 0 radical (unpaired) electrons. The molecule has 0 aromatic carbocycles. The molecule has 2 unspecified atom stereocenters. The van der Waals surface area contributed by atoms with Crippen molar-refractivity contribution in [2.45, 2.75) is 12.5 Å². The van der Waals surface area contributed by atoms with E-state index < -0.39 is 5.97 Å². The number of rotatable bonds is 2. The molecule has 2 heterocycles. The third-order valence-electron chi connectivity index (χ3n) is 3.07. The summed E-state index contributed by atoms with van der Waals surface area (Å²) in [5, 5.41) is 12.0. The number of hydrogen-bond donors (Lipinski definition) is 2. The van der Waals surface area contributed by atoms with E-state index in [2.05, 4.69) is 5.32 Å². The zero-order chi connectivity index (χ0) is 11.5. The Kier molecular flexibility index (Phi) is 3.70. The predicted molar refractivity (Wildman–Crippen MR) is 61.4 cm³/mol. The fourth-order valence-corrected chi connectivity index (χ4v) is 3.03. The van der Waals surface area contributed by atoms with E-state index in [0.717, 1.165) is 18.1 Å². The summed E-state index contributed by atoms with van der Waals surface area (Å²) in [7, 11) is 0. The Morgan fingerprint density at radius 2 is 2.25 bits per heavy atom. The van der Waals surface area contributed by atoms with E-state index in [9.17, 15) is 9.59 Å². The van der Waals surface area contributed by atoms with E-state index in [-0.39, 0.29) is 17.9 Å². The SMILES string of the molecule is O=C(O)C1CCN(C(=O)C2CSCCN2)C1. The average Bonchev–Trinajstić information content (AvgIpc) is 2.78. The van der Waals surface area contributed by atoms with Crippen LogP contribution in [0.2, 0.25) is 0 Å².